The van der Waals surface area contributed by atoms with E-state index < -0.39 is 17.8 Å². The number of hydrogen-bond donors (Lipinski definition) is 2. The Morgan fingerprint density at radius 1 is 1.04 bits per heavy atom. The number of para-hydroxylation sites is 1. The molecule has 0 aliphatic heterocycles. The molecule has 25 heavy (non-hydrogen) atoms. The Balaban J connectivity index is 1.39. The zero-order valence-corrected chi connectivity index (χ0v) is 14.0. The quantitative estimate of drug-likeness (QED) is 0.786. The molecule has 4 bridgehead atoms. The summed E-state index contributed by atoms with van der Waals surface area (Å²) in [5, 5.41) is 5.23. The van der Waals surface area contributed by atoms with Gasteiger partial charge in [0.2, 0.25) is 0 Å². The summed E-state index contributed by atoms with van der Waals surface area (Å²) in [5.74, 6) is 2.34. The molecule has 0 atom stereocenters. The topological polar surface area (TPSA) is 41.1 Å². The van der Waals surface area contributed by atoms with Crippen molar-refractivity contribution >= 4 is 11.7 Å². The third kappa shape index (κ3) is 3.35. The average Bonchev–Trinajstić information content (AvgIpc) is 2.51. The Kier molecular flexibility index (Phi) is 3.96. The molecule has 0 heterocycles. The normalized spacial score (nSPS) is 33.3. The molecule has 2 amide bonds. The van der Waals surface area contributed by atoms with Crippen molar-refractivity contribution in [3.05, 3.63) is 29.8 Å². The summed E-state index contributed by atoms with van der Waals surface area (Å²) >= 11 is 0. The van der Waals surface area contributed by atoms with Gasteiger partial charge in [-0.3, -0.25) is 0 Å². The van der Waals surface area contributed by atoms with Gasteiger partial charge in [0.15, 0.2) is 0 Å². The number of halogens is 3. The molecule has 4 aliphatic rings. The van der Waals surface area contributed by atoms with Gasteiger partial charge >= 0.3 is 12.2 Å². The second-order valence-corrected chi connectivity index (χ2v) is 8.27. The van der Waals surface area contributed by atoms with Gasteiger partial charge in [-0.25, -0.2) is 4.79 Å². The Morgan fingerprint density at radius 2 is 1.60 bits per heavy atom. The number of benzene rings is 1. The first-order chi connectivity index (χ1) is 11.8. The van der Waals surface area contributed by atoms with Crippen LogP contribution in [-0.4, -0.2) is 12.6 Å². The van der Waals surface area contributed by atoms with Gasteiger partial charge < -0.3 is 10.6 Å². The smallest absolute Gasteiger partial charge is 0.337 e. The zero-order valence-electron chi connectivity index (χ0n) is 14.0. The maximum absolute atomic E-state index is 13.0. The number of urea groups is 1. The summed E-state index contributed by atoms with van der Waals surface area (Å²) in [5.41, 5.74) is -0.853. The Hall–Kier alpha value is -1.72. The monoisotopic (exact) mass is 352 g/mol. The largest absolute Gasteiger partial charge is 0.418 e. The van der Waals surface area contributed by atoms with Crippen molar-refractivity contribution < 1.29 is 18.0 Å². The van der Waals surface area contributed by atoms with Crippen LogP contribution in [0.1, 0.15) is 44.1 Å². The van der Waals surface area contributed by atoms with E-state index in [1.54, 1.807) is 0 Å². The van der Waals surface area contributed by atoms with Crippen LogP contribution in [0.4, 0.5) is 23.7 Å². The molecule has 0 saturated heterocycles. The van der Waals surface area contributed by atoms with Crippen LogP contribution >= 0.6 is 0 Å². The maximum atomic E-state index is 13.0. The lowest BCUT2D eigenvalue weighted by atomic mass is 9.49. The van der Waals surface area contributed by atoms with Gasteiger partial charge in [-0.2, -0.15) is 13.2 Å². The fourth-order valence-corrected chi connectivity index (χ4v) is 5.78. The SMILES string of the molecule is O=C(NCC12CC3CC(CC(C3)C1)C2)Nc1ccccc1C(F)(F)F. The molecule has 2 N–H and O–H groups in total. The highest BCUT2D eigenvalue weighted by molar-refractivity contribution is 5.90. The highest BCUT2D eigenvalue weighted by Gasteiger charge is 2.50. The van der Waals surface area contributed by atoms with Crippen molar-refractivity contribution in [2.75, 3.05) is 11.9 Å². The predicted molar refractivity (Wildman–Crippen MR) is 89.1 cm³/mol. The van der Waals surface area contributed by atoms with E-state index in [1.165, 1.54) is 37.5 Å². The first kappa shape index (κ1) is 16.7. The van der Waals surface area contributed by atoms with E-state index in [2.05, 4.69) is 10.6 Å². The molecule has 4 fully saturated rings. The van der Waals surface area contributed by atoms with Crippen LogP contribution in [-0.2, 0) is 6.18 Å². The van der Waals surface area contributed by atoms with Crippen LogP contribution in [0, 0.1) is 23.2 Å². The van der Waals surface area contributed by atoms with Gasteiger partial charge in [-0.15, -0.1) is 0 Å². The molecule has 1 aromatic rings. The summed E-state index contributed by atoms with van der Waals surface area (Å²) in [4.78, 5) is 12.2. The van der Waals surface area contributed by atoms with E-state index in [1.807, 2.05) is 0 Å². The summed E-state index contributed by atoms with van der Waals surface area (Å²) in [6, 6.07) is 4.53. The van der Waals surface area contributed by atoms with Crippen molar-refractivity contribution in [3.63, 3.8) is 0 Å². The summed E-state index contributed by atoms with van der Waals surface area (Å²) in [6.45, 7) is 0.566. The maximum Gasteiger partial charge on any atom is 0.418 e. The van der Waals surface area contributed by atoms with E-state index in [4.69, 9.17) is 0 Å². The minimum absolute atomic E-state index is 0.162. The van der Waals surface area contributed by atoms with Crippen molar-refractivity contribution in [2.45, 2.75) is 44.7 Å². The van der Waals surface area contributed by atoms with E-state index in [9.17, 15) is 18.0 Å². The Bertz CT molecular complexity index is 636. The molecule has 6 heteroatoms. The number of alkyl halides is 3. The number of rotatable bonds is 3. The molecular weight excluding hydrogens is 329 g/mol. The van der Waals surface area contributed by atoms with Gasteiger partial charge in [0.05, 0.1) is 11.3 Å². The van der Waals surface area contributed by atoms with E-state index in [0.29, 0.717) is 6.54 Å². The molecule has 5 rings (SSSR count). The summed E-state index contributed by atoms with van der Waals surface area (Å²) < 4.78 is 39.1. The zero-order chi connectivity index (χ0) is 17.7. The van der Waals surface area contributed by atoms with Crippen molar-refractivity contribution in [2.24, 2.45) is 23.2 Å². The molecular formula is C19H23F3N2O. The van der Waals surface area contributed by atoms with E-state index in [-0.39, 0.29) is 11.1 Å². The van der Waals surface area contributed by atoms with Gasteiger partial charge in [-0.1, -0.05) is 12.1 Å². The van der Waals surface area contributed by atoms with Crippen LogP contribution in [0.15, 0.2) is 24.3 Å². The first-order valence-electron chi connectivity index (χ1n) is 9.04. The summed E-state index contributed by atoms with van der Waals surface area (Å²) in [7, 11) is 0. The second-order valence-electron chi connectivity index (χ2n) is 8.27. The first-order valence-corrected chi connectivity index (χ1v) is 9.04. The Labute approximate surface area is 145 Å². The second kappa shape index (κ2) is 5.92. The van der Waals surface area contributed by atoms with Gasteiger partial charge in [0.25, 0.3) is 0 Å². The number of carbonyl (C=O) groups is 1. The number of carbonyl (C=O) groups excluding carboxylic acids is 1. The molecule has 1 aromatic carbocycles. The highest BCUT2D eigenvalue weighted by Crippen LogP contribution is 2.59. The molecule has 136 valence electrons. The molecule has 0 aromatic heterocycles. The van der Waals surface area contributed by atoms with Crippen molar-refractivity contribution in [1.82, 2.24) is 5.32 Å². The average molecular weight is 352 g/mol. The van der Waals surface area contributed by atoms with Gasteiger partial charge in [0.1, 0.15) is 0 Å². The third-order valence-electron chi connectivity index (χ3n) is 6.27. The van der Waals surface area contributed by atoms with Crippen LogP contribution in [0.5, 0.6) is 0 Å². The summed E-state index contributed by atoms with van der Waals surface area (Å²) in [6.07, 6.45) is 2.94. The standard InChI is InChI=1S/C19H23F3N2O/c20-19(21,22)15-3-1-2-4-16(15)24-17(25)23-11-18-8-12-5-13(9-18)7-14(6-12)10-18/h1-4,12-14H,5-11H2,(H2,23,24,25). The minimum atomic E-state index is -4.48. The number of anilines is 1. The van der Waals surface area contributed by atoms with Gasteiger partial charge in [0, 0.05) is 6.54 Å². The van der Waals surface area contributed by atoms with E-state index >= 15 is 0 Å². The molecule has 4 saturated carbocycles. The minimum Gasteiger partial charge on any atom is -0.337 e. The van der Waals surface area contributed by atoms with Crippen molar-refractivity contribution in [1.29, 1.82) is 0 Å². The number of amides is 2. The molecule has 3 nitrogen and oxygen atoms in total. The van der Waals surface area contributed by atoms with Crippen LogP contribution in [0.3, 0.4) is 0 Å². The van der Waals surface area contributed by atoms with Gasteiger partial charge in [-0.05, 0) is 73.8 Å². The van der Waals surface area contributed by atoms with Crippen molar-refractivity contribution in [3.8, 4) is 0 Å². The molecule has 4 aliphatic carbocycles. The molecule has 0 radical (unpaired) electrons. The molecule has 0 unspecified atom stereocenters. The third-order valence-corrected chi connectivity index (χ3v) is 6.27. The Morgan fingerprint density at radius 3 is 2.16 bits per heavy atom. The van der Waals surface area contributed by atoms with Crippen LogP contribution in [0.25, 0.3) is 0 Å². The fourth-order valence-electron chi connectivity index (χ4n) is 5.78. The lowest BCUT2D eigenvalue weighted by Crippen LogP contribution is -2.51. The fraction of sp³-hybridized carbons (Fsp3) is 0.632. The number of nitrogens with one attached hydrogen (secondary N) is 2. The lowest BCUT2D eigenvalue weighted by molar-refractivity contribution is -0.136. The molecule has 0 spiro atoms. The van der Waals surface area contributed by atoms with Crippen LogP contribution in [0.2, 0.25) is 0 Å². The number of hydrogen-bond acceptors (Lipinski definition) is 1. The van der Waals surface area contributed by atoms with E-state index in [0.717, 1.165) is 43.1 Å². The highest BCUT2D eigenvalue weighted by atomic mass is 19.4. The predicted octanol–water partition coefficient (Wildman–Crippen LogP) is 5.04. The lowest BCUT2D eigenvalue weighted by Gasteiger charge is -2.56. The van der Waals surface area contributed by atoms with Crippen LogP contribution < -0.4 is 10.6 Å².